The number of aromatic nitrogens is 1. The first-order chi connectivity index (χ1) is 28.6. The lowest BCUT2D eigenvalue weighted by molar-refractivity contribution is 0.477. The Hall–Kier alpha value is -7.96. The Morgan fingerprint density at radius 2 is 0.931 bits per heavy atom. The second-order valence-corrected chi connectivity index (χ2v) is 13.8. The van der Waals surface area contributed by atoms with Crippen molar-refractivity contribution in [1.29, 1.82) is 0 Å². The Bertz CT molecular complexity index is 2770. The smallest absolute Gasteiger partial charge is 0.127 e. The fraction of sp³-hybridized carbons (Fsp3) is 0. The van der Waals surface area contributed by atoms with Crippen LogP contribution < -0.4 is 9.80 Å². The molecule has 0 aliphatic rings. The van der Waals surface area contributed by atoms with Crippen LogP contribution in [0.15, 0.2) is 217 Å². The van der Waals surface area contributed by atoms with Gasteiger partial charge in [-0.25, -0.2) is 4.98 Å². The Kier molecular flexibility index (Phi) is 9.87. The van der Waals surface area contributed by atoms with E-state index in [1.807, 2.05) is 158 Å². The zero-order valence-electron chi connectivity index (χ0n) is 31.5. The quantitative estimate of drug-likeness (QED) is 0.136. The van der Waals surface area contributed by atoms with Crippen LogP contribution in [-0.4, -0.2) is 21.4 Å². The highest BCUT2D eigenvalue weighted by Crippen LogP contribution is 2.43. The average molecular weight is 751 g/mol. The monoisotopic (exact) mass is 750 g/mol. The fourth-order valence-electron chi connectivity index (χ4n) is 7.37. The molecule has 1 heterocycles. The van der Waals surface area contributed by atoms with Crippen molar-refractivity contribution in [3.63, 3.8) is 0 Å². The van der Waals surface area contributed by atoms with Crippen molar-refractivity contribution >= 4 is 56.8 Å². The van der Waals surface area contributed by atoms with Crippen LogP contribution in [0.1, 0.15) is 5.69 Å². The van der Waals surface area contributed by atoms with Crippen LogP contribution in [0.3, 0.4) is 0 Å². The molecule has 8 aromatic carbocycles. The van der Waals surface area contributed by atoms with Gasteiger partial charge in [0.1, 0.15) is 11.5 Å². The first-order valence-electron chi connectivity index (χ1n) is 19.1. The molecule has 0 aliphatic heterocycles. The van der Waals surface area contributed by atoms with Crippen LogP contribution in [-0.2, 0) is 0 Å². The van der Waals surface area contributed by atoms with Crippen LogP contribution in [0.5, 0.6) is 11.5 Å². The molecule has 6 heteroatoms. The Balaban J connectivity index is 1.10. The van der Waals surface area contributed by atoms with Gasteiger partial charge in [-0.1, -0.05) is 115 Å². The number of phenolic OH excluding ortho intramolecular Hbond substituents is 2. The summed E-state index contributed by atoms with van der Waals surface area (Å²) in [4.78, 5) is 14.2. The number of aromatic hydroxyl groups is 2. The van der Waals surface area contributed by atoms with E-state index < -0.39 is 0 Å². The normalized spacial score (nSPS) is 11.2. The zero-order chi connectivity index (χ0) is 39.3. The molecular weight excluding hydrogens is 713 g/mol. The SMILES string of the molecule is Oc1cc(N(c2ccccc2)c2ccccc2)ccc1-c1cc(-c2ccccc2)cc(C=Nc2cccc3cc(N(c4ccccc4)c4ccccc4)cc(O)c23)n1. The van der Waals surface area contributed by atoms with Crippen molar-refractivity contribution in [2.24, 2.45) is 4.99 Å². The number of hydrogen-bond donors (Lipinski definition) is 2. The average Bonchev–Trinajstić information content (AvgIpc) is 3.27. The van der Waals surface area contributed by atoms with Crippen LogP contribution in [0.4, 0.5) is 39.8 Å². The summed E-state index contributed by atoms with van der Waals surface area (Å²) in [6.45, 7) is 0. The molecule has 0 fully saturated rings. The van der Waals surface area contributed by atoms with Crippen molar-refractivity contribution in [2.45, 2.75) is 0 Å². The van der Waals surface area contributed by atoms with Crippen molar-refractivity contribution in [1.82, 2.24) is 4.98 Å². The molecule has 278 valence electrons. The first kappa shape index (κ1) is 35.7. The Morgan fingerprint density at radius 3 is 1.48 bits per heavy atom. The first-order valence-corrected chi connectivity index (χ1v) is 19.1. The lowest BCUT2D eigenvalue weighted by atomic mass is 10.0. The maximum Gasteiger partial charge on any atom is 0.127 e. The van der Waals surface area contributed by atoms with Gasteiger partial charge in [0, 0.05) is 51.5 Å². The molecule has 9 rings (SSSR count). The van der Waals surface area contributed by atoms with Crippen LogP contribution in [0.25, 0.3) is 33.2 Å². The molecule has 0 saturated heterocycles. The summed E-state index contributed by atoms with van der Waals surface area (Å²) in [5.74, 6) is 0.221. The van der Waals surface area contributed by atoms with Gasteiger partial charge in [0.2, 0.25) is 0 Å². The molecule has 9 aromatic rings. The van der Waals surface area contributed by atoms with Gasteiger partial charge in [0.15, 0.2) is 0 Å². The molecule has 6 nitrogen and oxygen atoms in total. The van der Waals surface area contributed by atoms with Gasteiger partial charge in [-0.05, 0) is 101 Å². The van der Waals surface area contributed by atoms with Crippen LogP contribution in [0, 0.1) is 0 Å². The summed E-state index contributed by atoms with van der Waals surface area (Å²) in [6, 6.07) is 69.9. The minimum Gasteiger partial charge on any atom is -0.507 e. The maximum atomic E-state index is 11.7. The number of aliphatic imine (C=N–C) groups is 1. The fourth-order valence-corrected chi connectivity index (χ4v) is 7.37. The summed E-state index contributed by atoms with van der Waals surface area (Å²) >= 11 is 0. The second-order valence-electron chi connectivity index (χ2n) is 13.8. The molecule has 1 aromatic heterocycles. The van der Waals surface area contributed by atoms with E-state index in [2.05, 4.69) is 52.3 Å². The predicted molar refractivity (Wildman–Crippen MR) is 239 cm³/mol. The highest BCUT2D eigenvalue weighted by Gasteiger charge is 2.18. The summed E-state index contributed by atoms with van der Waals surface area (Å²) in [7, 11) is 0. The number of fused-ring (bicyclic) bond motifs is 1. The molecule has 0 aliphatic carbocycles. The number of pyridine rings is 1. The number of hydrogen-bond acceptors (Lipinski definition) is 6. The van der Waals surface area contributed by atoms with E-state index in [0.717, 1.165) is 50.6 Å². The van der Waals surface area contributed by atoms with Crippen molar-refractivity contribution < 1.29 is 10.2 Å². The molecule has 0 radical (unpaired) electrons. The number of rotatable bonds is 10. The van der Waals surface area contributed by atoms with Crippen molar-refractivity contribution in [2.75, 3.05) is 9.80 Å². The van der Waals surface area contributed by atoms with Gasteiger partial charge < -0.3 is 20.0 Å². The van der Waals surface area contributed by atoms with Gasteiger partial charge in [0.05, 0.1) is 29.0 Å². The van der Waals surface area contributed by atoms with Crippen molar-refractivity contribution in [3.8, 4) is 33.9 Å². The molecule has 0 atom stereocenters. The molecule has 0 bridgehead atoms. The van der Waals surface area contributed by atoms with E-state index in [4.69, 9.17) is 9.98 Å². The molecule has 58 heavy (non-hydrogen) atoms. The number of phenols is 2. The van der Waals surface area contributed by atoms with E-state index in [0.29, 0.717) is 28.0 Å². The topological polar surface area (TPSA) is 72.2 Å². The Labute approximate surface area is 337 Å². The Morgan fingerprint density at radius 1 is 0.414 bits per heavy atom. The van der Waals surface area contributed by atoms with E-state index in [1.165, 1.54) is 0 Å². The number of nitrogens with zero attached hydrogens (tertiary/aromatic N) is 4. The summed E-state index contributed by atoms with van der Waals surface area (Å²) < 4.78 is 0. The summed E-state index contributed by atoms with van der Waals surface area (Å²) in [6.07, 6.45) is 1.72. The molecule has 0 saturated carbocycles. The number of anilines is 6. The van der Waals surface area contributed by atoms with E-state index in [9.17, 15) is 10.2 Å². The van der Waals surface area contributed by atoms with Gasteiger partial charge >= 0.3 is 0 Å². The molecule has 2 N–H and O–H groups in total. The van der Waals surface area contributed by atoms with E-state index in [1.54, 1.807) is 18.3 Å². The molecule has 0 spiro atoms. The molecular formula is C52H38N4O2. The van der Waals surface area contributed by atoms with Crippen LogP contribution in [0.2, 0.25) is 0 Å². The van der Waals surface area contributed by atoms with E-state index >= 15 is 0 Å². The number of benzene rings is 8. The molecule has 0 amide bonds. The maximum absolute atomic E-state index is 11.7. The minimum atomic E-state index is 0.102. The van der Waals surface area contributed by atoms with Gasteiger partial charge in [-0.15, -0.1) is 0 Å². The highest BCUT2D eigenvalue weighted by molar-refractivity contribution is 6.02. The minimum absolute atomic E-state index is 0.102. The lowest BCUT2D eigenvalue weighted by Gasteiger charge is -2.26. The van der Waals surface area contributed by atoms with Gasteiger partial charge in [-0.2, -0.15) is 0 Å². The van der Waals surface area contributed by atoms with Gasteiger partial charge in [0.25, 0.3) is 0 Å². The largest absolute Gasteiger partial charge is 0.507 e. The van der Waals surface area contributed by atoms with Gasteiger partial charge in [-0.3, -0.25) is 4.99 Å². The number of para-hydroxylation sites is 4. The van der Waals surface area contributed by atoms with Crippen LogP contribution >= 0.6 is 0 Å². The third-order valence-electron chi connectivity index (χ3n) is 10.0. The standard InChI is InChI=1S/C52H38N4O2/c57-50-34-45(55(41-20-8-2-9-21-41)42-22-10-3-11-23-42)29-30-47(50)49-33-39(37-17-6-1-7-18-37)31-40(54-49)36-53-48-28-16-19-38-32-46(35-51(58)52(38)48)56(43-24-12-4-13-25-43)44-26-14-5-15-27-44/h1-36,57-58H. The molecule has 0 unspecified atom stereocenters. The summed E-state index contributed by atoms with van der Waals surface area (Å²) in [5.41, 5.74) is 9.89. The second kappa shape index (κ2) is 16.0. The summed E-state index contributed by atoms with van der Waals surface area (Å²) in [5, 5.41) is 24.8. The zero-order valence-corrected chi connectivity index (χ0v) is 31.5. The lowest BCUT2D eigenvalue weighted by Crippen LogP contribution is -2.09. The third-order valence-corrected chi connectivity index (χ3v) is 10.0. The van der Waals surface area contributed by atoms with Crippen molar-refractivity contribution in [3.05, 3.63) is 218 Å². The van der Waals surface area contributed by atoms with E-state index in [-0.39, 0.29) is 11.5 Å². The predicted octanol–water partition coefficient (Wildman–Crippen LogP) is 13.7. The highest BCUT2D eigenvalue weighted by atomic mass is 16.3. The third kappa shape index (κ3) is 7.38.